The molecule has 5 unspecified atom stereocenters. The van der Waals surface area contributed by atoms with Gasteiger partial charge in [0.05, 0.1) is 23.8 Å². The van der Waals surface area contributed by atoms with Crippen LogP contribution in [0.3, 0.4) is 0 Å². The Bertz CT molecular complexity index is 962. The van der Waals surface area contributed by atoms with Crippen LogP contribution in [0.5, 0.6) is 0 Å². The lowest BCUT2D eigenvalue weighted by atomic mass is 9.78. The number of thioether (sulfide) groups is 1. The Labute approximate surface area is 210 Å². The fourth-order valence-electron chi connectivity index (χ4n) is 4.96. The third-order valence-electron chi connectivity index (χ3n) is 6.76. The minimum atomic E-state index is -4.92. The Hall–Kier alpha value is -1.75. The molecule has 0 aromatic heterocycles. The van der Waals surface area contributed by atoms with Gasteiger partial charge in [-0.3, -0.25) is 0 Å². The van der Waals surface area contributed by atoms with Gasteiger partial charge in [0.25, 0.3) is 0 Å². The molecule has 2 heterocycles. The molecule has 0 aliphatic carbocycles. The van der Waals surface area contributed by atoms with Gasteiger partial charge in [0.1, 0.15) is 0 Å². The molecule has 36 heavy (non-hydrogen) atoms. The Morgan fingerprint density at radius 3 is 2.28 bits per heavy atom. The van der Waals surface area contributed by atoms with Crippen LogP contribution >= 0.6 is 11.8 Å². The van der Waals surface area contributed by atoms with E-state index in [1.807, 2.05) is 42.1 Å². The predicted octanol–water partition coefficient (Wildman–Crippen LogP) is 7.04. The highest BCUT2D eigenvalue weighted by Crippen LogP contribution is 2.43. The van der Waals surface area contributed by atoms with E-state index in [-0.39, 0.29) is 23.5 Å². The molecule has 0 saturated carbocycles. The average Bonchev–Trinajstić information content (AvgIpc) is 2.84. The molecule has 2 aliphatic heterocycles. The number of nitrogens with one attached hydrogen (secondary N) is 1. The van der Waals surface area contributed by atoms with Crippen LogP contribution in [0.4, 0.5) is 26.3 Å². The number of ether oxygens (including phenoxy) is 2. The first-order valence-electron chi connectivity index (χ1n) is 11.9. The van der Waals surface area contributed by atoms with Crippen LogP contribution in [-0.4, -0.2) is 37.0 Å². The van der Waals surface area contributed by atoms with Crippen LogP contribution in [0.15, 0.2) is 48.5 Å². The maximum Gasteiger partial charge on any atom is 0.416 e. The third kappa shape index (κ3) is 6.76. The zero-order valence-electron chi connectivity index (χ0n) is 19.7. The number of halogens is 6. The van der Waals surface area contributed by atoms with Crippen molar-refractivity contribution in [2.75, 3.05) is 24.7 Å². The van der Waals surface area contributed by atoms with Gasteiger partial charge in [0.15, 0.2) is 6.29 Å². The molecule has 0 bridgehead atoms. The summed E-state index contributed by atoms with van der Waals surface area (Å²) in [6, 6.07) is 11.5. The van der Waals surface area contributed by atoms with Crippen LogP contribution in [-0.2, 0) is 21.8 Å². The highest BCUT2D eigenvalue weighted by molar-refractivity contribution is 7.99. The van der Waals surface area contributed by atoms with Crippen molar-refractivity contribution in [1.82, 2.24) is 5.32 Å². The van der Waals surface area contributed by atoms with Crippen molar-refractivity contribution in [2.45, 2.75) is 56.5 Å². The number of rotatable bonds is 6. The van der Waals surface area contributed by atoms with Gasteiger partial charge >= 0.3 is 12.4 Å². The normalized spacial score (nSPS) is 26.5. The molecule has 2 aromatic carbocycles. The van der Waals surface area contributed by atoms with Crippen LogP contribution < -0.4 is 5.32 Å². The lowest BCUT2D eigenvalue weighted by Gasteiger charge is -2.41. The molecule has 2 aromatic rings. The Balaban J connectivity index is 1.61. The molecular formula is C26H29F6NO2S. The maximum atomic E-state index is 13.4. The summed E-state index contributed by atoms with van der Waals surface area (Å²) in [6.07, 6.45) is -10.0. The van der Waals surface area contributed by atoms with E-state index in [1.54, 1.807) is 0 Å². The summed E-state index contributed by atoms with van der Waals surface area (Å²) in [6.45, 7) is 2.80. The second kappa shape index (κ2) is 11.3. The number of hydrogen-bond donors (Lipinski definition) is 1. The second-order valence-corrected chi connectivity index (χ2v) is 10.5. The van der Waals surface area contributed by atoms with Gasteiger partial charge in [-0.05, 0) is 55.0 Å². The highest BCUT2D eigenvalue weighted by Gasteiger charge is 2.40. The standard InChI is InChI=1S/C26H29F6NO2S/c1-16(19-11-20(25(27,28)29)14-21(12-19)26(30,31)32)35-24-23(17-5-3-2-4-6-17)18(7-9-34-24)13-22-15-36-10-8-33-22/h2-6,11-12,14,16,18,22-24,33H,7-10,13,15H2,1H3. The zero-order valence-corrected chi connectivity index (χ0v) is 20.6. The molecule has 4 rings (SSSR count). The lowest BCUT2D eigenvalue weighted by molar-refractivity contribution is -0.210. The van der Waals surface area contributed by atoms with E-state index in [1.165, 1.54) is 6.92 Å². The van der Waals surface area contributed by atoms with Gasteiger partial charge in [-0.15, -0.1) is 0 Å². The monoisotopic (exact) mass is 533 g/mol. The molecule has 2 fully saturated rings. The molecule has 2 saturated heterocycles. The molecule has 198 valence electrons. The summed E-state index contributed by atoms with van der Waals surface area (Å²) in [7, 11) is 0. The summed E-state index contributed by atoms with van der Waals surface area (Å²) in [5.41, 5.74) is -1.93. The summed E-state index contributed by atoms with van der Waals surface area (Å²) in [5, 5.41) is 3.55. The molecule has 0 amide bonds. The van der Waals surface area contributed by atoms with Gasteiger partial charge in [0, 0.05) is 30.0 Å². The quantitative estimate of drug-likeness (QED) is 0.404. The van der Waals surface area contributed by atoms with Gasteiger partial charge < -0.3 is 14.8 Å². The second-order valence-electron chi connectivity index (χ2n) is 9.30. The molecular weight excluding hydrogens is 504 g/mol. The van der Waals surface area contributed by atoms with Gasteiger partial charge in [0.2, 0.25) is 0 Å². The topological polar surface area (TPSA) is 30.5 Å². The lowest BCUT2D eigenvalue weighted by Crippen LogP contribution is -2.43. The SMILES string of the molecule is CC(OC1OCCC(CC2CSCCN2)C1c1ccccc1)c1cc(C(F)(F)F)cc(C(F)(F)F)c1. The Kier molecular flexibility index (Phi) is 8.59. The molecule has 1 N–H and O–H groups in total. The van der Waals surface area contributed by atoms with E-state index in [2.05, 4.69) is 5.32 Å². The molecule has 0 radical (unpaired) electrons. The molecule has 0 spiro atoms. The van der Waals surface area contributed by atoms with Crippen molar-refractivity contribution >= 4 is 11.8 Å². The molecule has 2 aliphatic rings. The Morgan fingerprint density at radius 1 is 1.03 bits per heavy atom. The fourth-order valence-corrected chi connectivity index (χ4v) is 5.93. The summed E-state index contributed by atoms with van der Waals surface area (Å²) in [4.78, 5) is 0. The number of benzene rings is 2. The van der Waals surface area contributed by atoms with E-state index in [0.29, 0.717) is 12.6 Å². The predicted molar refractivity (Wildman–Crippen MR) is 127 cm³/mol. The zero-order chi connectivity index (χ0) is 25.9. The first kappa shape index (κ1) is 27.3. The molecule has 10 heteroatoms. The minimum absolute atomic E-state index is 0.130. The van der Waals surface area contributed by atoms with Gasteiger partial charge in [-0.1, -0.05) is 30.3 Å². The van der Waals surface area contributed by atoms with Crippen LogP contribution in [0, 0.1) is 5.92 Å². The summed E-state index contributed by atoms with van der Waals surface area (Å²) >= 11 is 1.90. The van der Waals surface area contributed by atoms with Gasteiger partial charge in [-0.25, -0.2) is 0 Å². The van der Waals surface area contributed by atoms with Crippen molar-refractivity contribution in [2.24, 2.45) is 5.92 Å². The summed E-state index contributed by atoms with van der Waals surface area (Å²) in [5.74, 6) is 2.03. The van der Waals surface area contributed by atoms with Crippen LogP contribution in [0.2, 0.25) is 0 Å². The minimum Gasteiger partial charge on any atom is -0.352 e. The summed E-state index contributed by atoms with van der Waals surface area (Å²) < 4.78 is 92.3. The van der Waals surface area contributed by atoms with E-state index < -0.39 is 35.9 Å². The number of alkyl halides is 6. The van der Waals surface area contributed by atoms with E-state index >= 15 is 0 Å². The third-order valence-corrected chi connectivity index (χ3v) is 7.89. The van der Waals surface area contributed by atoms with Gasteiger partial charge in [-0.2, -0.15) is 38.1 Å². The largest absolute Gasteiger partial charge is 0.416 e. The van der Waals surface area contributed by atoms with Crippen LogP contribution in [0.1, 0.15) is 54.0 Å². The maximum absolute atomic E-state index is 13.4. The first-order valence-corrected chi connectivity index (χ1v) is 13.1. The first-order chi connectivity index (χ1) is 17.0. The number of hydrogen-bond acceptors (Lipinski definition) is 4. The van der Waals surface area contributed by atoms with Crippen molar-refractivity contribution in [3.05, 3.63) is 70.8 Å². The van der Waals surface area contributed by atoms with E-state index in [9.17, 15) is 26.3 Å². The van der Waals surface area contributed by atoms with E-state index in [4.69, 9.17) is 9.47 Å². The average molecular weight is 534 g/mol. The van der Waals surface area contributed by atoms with Crippen LogP contribution in [0.25, 0.3) is 0 Å². The molecule has 3 nitrogen and oxygen atoms in total. The smallest absolute Gasteiger partial charge is 0.352 e. The van der Waals surface area contributed by atoms with Crippen molar-refractivity contribution < 1.29 is 35.8 Å². The van der Waals surface area contributed by atoms with Crippen molar-refractivity contribution in [1.29, 1.82) is 0 Å². The van der Waals surface area contributed by atoms with E-state index in [0.717, 1.165) is 48.6 Å². The fraction of sp³-hybridized carbons (Fsp3) is 0.538. The van der Waals surface area contributed by atoms with Crippen molar-refractivity contribution in [3.8, 4) is 0 Å². The highest BCUT2D eigenvalue weighted by atomic mass is 32.2. The van der Waals surface area contributed by atoms with Crippen molar-refractivity contribution in [3.63, 3.8) is 0 Å². The Morgan fingerprint density at radius 2 is 1.69 bits per heavy atom. The molecule has 5 atom stereocenters.